The molecule has 0 spiro atoms. The van der Waals surface area contributed by atoms with E-state index in [9.17, 15) is 0 Å². The summed E-state index contributed by atoms with van der Waals surface area (Å²) in [6.45, 7) is 3.73. The van der Waals surface area contributed by atoms with Crippen LogP contribution in [0.3, 0.4) is 0 Å². The minimum Gasteiger partial charge on any atom is -0.494 e. The molecule has 0 N–H and O–H groups in total. The van der Waals surface area contributed by atoms with Crippen LogP contribution in [0.25, 0.3) is 5.57 Å². The van der Waals surface area contributed by atoms with Crippen LogP contribution in [-0.2, 0) is 0 Å². The van der Waals surface area contributed by atoms with Gasteiger partial charge in [-0.3, -0.25) is 0 Å². The number of nitrogens with zero attached hydrogens (tertiary/aromatic N) is 1. The molecule has 2 aromatic rings. The van der Waals surface area contributed by atoms with Crippen molar-refractivity contribution in [1.29, 1.82) is 0 Å². The Hall–Kier alpha value is -2.46. The zero-order valence-electron chi connectivity index (χ0n) is 19.0. The minimum atomic E-state index is 0.377. The Labute approximate surface area is 196 Å². The van der Waals surface area contributed by atoms with Crippen LogP contribution in [0.2, 0.25) is 0 Å². The van der Waals surface area contributed by atoms with Gasteiger partial charge in [0.2, 0.25) is 5.88 Å². The van der Waals surface area contributed by atoms with Crippen molar-refractivity contribution in [3.63, 3.8) is 0 Å². The molecular formula is C28H33NO2S. The van der Waals surface area contributed by atoms with E-state index in [1.807, 2.05) is 54.4 Å². The number of thioether (sulfide) groups is 1. The minimum absolute atomic E-state index is 0.377. The third kappa shape index (κ3) is 6.29. The first-order valence-corrected chi connectivity index (χ1v) is 12.7. The fourth-order valence-corrected chi connectivity index (χ4v) is 5.32. The van der Waals surface area contributed by atoms with Crippen molar-refractivity contribution in [2.75, 3.05) is 13.2 Å². The van der Waals surface area contributed by atoms with Crippen LogP contribution in [0.4, 0.5) is 0 Å². The molecule has 4 heteroatoms. The highest BCUT2D eigenvalue weighted by Crippen LogP contribution is 2.49. The van der Waals surface area contributed by atoms with Crippen LogP contribution >= 0.6 is 11.8 Å². The summed E-state index contributed by atoms with van der Waals surface area (Å²) < 4.78 is 11.6. The van der Waals surface area contributed by atoms with Crippen LogP contribution < -0.4 is 9.47 Å². The van der Waals surface area contributed by atoms with Gasteiger partial charge in [0, 0.05) is 18.2 Å². The van der Waals surface area contributed by atoms with Gasteiger partial charge in [-0.15, -0.1) is 0 Å². The lowest BCUT2D eigenvalue weighted by Gasteiger charge is -2.19. The molecule has 168 valence electrons. The average Bonchev–Trinajstić information content (AvgIpc) is 3.26. The molecule has 0 fully saturated rings. The number of aromatic nitrogens is 1. The maximum Gasteiger partial charge on any atom is 0.213 e. The second kappa shape index (κ2) is 12.0. The molecule has 0 saturated heterocycles. The molecule has 1 atom stereocenters. The van der Waals surface area contributed by atoms with E-state index in [2.05, 4.69) is 36.2 Å². The molecule has 2 heterocycles. The normalized spacial score (nSPS) is 17.3. The molecule has 1 aliphatic carbocycles. The molecule has 0 amide bonds. The molecule has 1 aromatic carbocycles. The highest BCUT2D eigenvalue weighted by atomic mass is 32.2. The molecule has 2 aliphatic rings. The van der Waals surface area contributed by atoms with Gasteiger partial charge in [0.15, 0.2) is 0 Å². The van der Waals surface area contributed by atoms with E-state index in [4.69, 9.17) is 9.47 Å². The molecule has 1 unspecified atom stereocenters. The van der Waals surface area contributed by atoms with E-state index in [1.54, 1.807) is 0 Å². The first kappa shape index (κ1) is 22.7. The predicted molar refractivity (Wildman–Crippen MR) is 135 cm³/mol. The highest BCUT2D eigenvalue weighted by Gasteiger charge is 2.28. The zero-order chi connectivity index (χ0) is 22.0. The van der Waals surface area contributed by atoms with Crippen molar-refractivity contribution in [2.24, 2.45) is 5.92 Å². The van der Waals surface area contributed by atoms with Crippen molar-refractivity contribution in [1.82, 2.24) is 4.98 Å². The number of fused-ring (bicyclic) bond motifs is 1. The second-order valence-electron chi connectivity index (χ2n) is 8.27. The maximum atomic E-state index is 5.82. The third-order valence-electron chi connectivity index (χ3n) is 5.80. The lowest BCUT2D eigenvalue weighted by molar-refractivity contribution is 0.295. The Morgan fingerprint density at radius 3 is 2.59 bits per heavy atom. The quantitative estimate of drug-likeness (QED) is 0.310. The molecule has 0 saturated carbocycles. The number of hydrogen-bond donors (Lipinski definition) is 0. The molecule has 1 aliphatic heterocycles. The first-order valence-electron chi connectivity index (χ1n) is 11.9. The lowest BCUT2D eigenvalue weighted by atomic mass is 9.88. The lowest BCUT2D eigenvalue weighted by Crippen LogP contribution is -2.04. The Balaban J connectivity index is 1.27. The number of unbranched alkanes of at least 4 members (excludes halogenated alkanes) is 3. The topological polar surface area (TPSA) is 31.4 Å². The average molecular weight is 448 g/mol. The SMILES string of the molecule is CCCCCOc1ccc(C2=CCC=C3SC(CCCCOc4ccccc4)=CC32)cn1. The van der Waals surface area contributed by atoms with E-state index in [0.29, 0.717) is 5.92 Å². The summed E-state index contributed by atoms with van der Waals surface area (Å²) in [7, 11) is 0. The number of hydrogen-bond acceptors (Lipinski definition) is 4. The molecule has 3 nitrogen and oxygen atoms in total. The molecule has 0 radical (unpaired) electrons. The zero-order valence-corrected chi connectivity index (χ0v) is 19.8. The van der Waals surface area contributed by atoms with Gasteiger partial charge in [-0.05, 0) is 71.3 Å². The Morgan fingerprint density at radius 1 is 0.938 bits per heavy atom. The van der Waals surface area contributed by atoms with Crippen molar-refractivity contribution in [3.05, 3.63) is 82.3 Å². The number of benzene rings is 1. The first-order chi connectivity index (χ1) is 15.8. The predicted octanol–water partition coefficient (Wildman–Crippen LogP) is 7.82. The smallest absolute Gasteiger partial charge is 0.213 e. The van der Waals surface area contributed by atoms with Gasteiger partial charge >= 0.3 is 0 Å². The summed E-state index contributed by atoms with van der Waals surface area (Å²) in [5.41, 5.74) is 2.58. The third-order valence-corrected chi connectivity index (χ3v) is 7.06. The Kier molecular flexibility index (Phi) is 8.49. The van der Waals surface area contributed by atoms with Crippen molar-refractivity contribution >= 4 is 17.3 Å². The van der Waals surface area contributed by atoms with Crippen LogP contribution in [-0.4, -0.2) is 18.2 Å². The standard InChI is InChI=1S/C28H33NO2S/c1-2-3-8-19-31-28-17-16-22(21-29-28)25-14-10-15-27-26(25)20-24(32-27)13-7-9-18-30-23-11-5-4-6-12-23/h4-6,11-12,14-17,20-21,26H,2-3,7-10,13,18-19H2,1H3. The number of rotatable bonds is 12. The number of ether oxygens (including phenoxy) is 2. The van der Waals surface area contributed by atoms with E-state index < -0.39 is 0 Å². The molecule has 4 rings (SSSR count). The second-order valence-corrected chi connectivity index (χ2v) is 9.47. The molecule has 32 heavy (non-hydrogen) atoms. The van der Waals surface area contributed by atoms with Gasteiger partial charge in [0.05, 0.1) is 13.2 Å². The number of para-hydroxylation sites is 1. The summed E-state index contributed by atoms with van der Waals surface area (Å²) in [5, 5.41) is 0. The van der Waals surface area contributed by atoms with Crippen LogP contribution in [0.15, 0.2) is 76.7 Å². The summed E-state index contributed by atoms with van der Waals surface area (Å²) >= 11 is 1.96. The molecule has 1 aromatic heterocycles. The summed E-state index contributed by atoms with van der Waals surface area (Å²) in [6.07, 6.45) is 17.0. The van der Waals surface area contributed by atoms with Crippen molar-refractivity contribution < 1.29 is 9.47 Å². The number of allylic oxidation sites excluding steroid dienone is 6. The van der Waals surface area contributed by atoms with Gasteiger partial charge in [-0.2, -0.15) is 0 Å². The largest absolute Gasteiger partial charge is 0.494 e. The summed E-state index contributed by atoms with van der Waals surface area (Å²) in [5.74, 6) is 2.06. The maximum absolute atomic E-state index is 5.82. The summed E-state index contributed by atoms with van der Waals surface area (Å²) in [4.78, 5) is 7.51. The van der Waals surface area contributed by atoms with Gasteiger partial charge in [-0.25, -0.2) is 4.98 Å². The van der Waals surface area contributed by atoms with E-state index in [-0.39, 0.29) is 0 Å². The Morgan fingerprint density at radius 2 is 1.78 bits per heavy atom. The number of pyridine rings is 1. The van der Waals surface area contributed by atoms with Crippen molar-refractivity contribution in [2.45, 2.75) is 51.9 Å². The highest BCUT2D eigenvalue weighted by molar-refractivity contribution is 8.07. The van der Waals surface area contributed by atoms with E-state index in [1.165, 1.54) is 33.8 Å². The fourth-order valence-electron chi connectivity index (χ4n) is 4.06. The van der Waals surface area contributed by atoms with Crippen molar-refractivity contribution in [3.8, 4) is 11.6 Å². The fraction of sp³-hybridized carbons (Fsp3) is 0.393. The molecular weight excluding hydrogens is 414 g/mol. The van der Waals surface area contributed by atoms with E-state index in [0.717, 1.165) is 56.9 Å². The Bertz CT molecular complexity index is 947. The van der Waals surface area contributed by atoms with Crippen LogP contribution in [0.1, 0.15) is 57.4 Å². The van der Waals surface area contributed by atoms with Gasteiger partial charge in [0.25, 0.3) is 0 Å². The molecule has 0 bridgehead atoms. The van der Waals surface area contributed by atoms with Crippen LogP contribution in [0, 0.1) is 5.92 Å². The van der Waals surface area contributed by atoms with Crippen LogP contribution in [0.5, 0.6) is 11.6 Å². The monoisotopic (exact) mass is 447 g/mol. The van der Waals surface area contributed by atoms with E-state index >= 15 is 0 Å². The van der Waals surface area contributed by atoms with Gasteiger partial charge in [0.1, 0.15) is 5.75 Å². The van der Waals surface area contributed by atoms with Gasteiger partial charge < -0.3 is 9.47 Å². The van der Waals surface area contributed by atoms with Gasteiger partial charge in [-0.1, -0.05) is 68.0 Å². The summed E-state index contributed by atoms with van der Waals surface area (Å²) in [6, 6.07) is 14.2.